The van der Waals surface area contributed by atoms with Gasteiger partial charge in [0.1, 0.15) is 22.4 Å². The zero-order chi connectivity index (χ0) is 31.0. The maximum atomic E-state index is 13.4. The average molecular weight is 645 g/mol. The summed E-state index contributed by atoms with van der Waals surface area (Å²) >= 11 is 6.95. The molecule has 4 aromatic rings. The van der Waals surface area contributed by atoms with Crippen molar-refractivity contribution in [3.63, 3.8) is 0 Å². The summed E-state index contributed by atoms with van der Waals surface area (Å²) in [7, 11) is 1.68. The first-order valence-corrected chi connectivity index (χ1v) is 16.4. The van der Waals surface area contributed by atoms with Crippen molar-refractivity contribution < 1.29 is 19.0 Å². The van der Waals surface area contributed by atoms with E-state index in [9.17, 15) is 4.79 Å². The monoisotopic (exact) mass is 644 g/mol. The molecule has 2 aliphatic rings. The fourth-order valence-corrected chi connectivity index (χ4v) is 6.79. The van der Waals surface area contributed by atoms with E-state index in [0.717, 1.165) is 97.5 Å². The molecule has 0 saturated carbocycles. The molecule has 3 aromatic carbocycles. The first kappa shape index (κ1) is 31.2. The second-order valence-corrected chi connectivity index (χ2v) is 12.6. The number of hydrogen-bond donors (Lipinski definition) is 1. The lowest BCUT2D eigenvalue weighted by Crippen LogP contribution is -2.38. The highest BCUT2D eigenvalue weighted by Crippen LogP contribution is 2.37. The van der Waals surface area contributed by atoms with Gasteiger partial charge in [0.15, 0.2) is 5.82 Å². The zero-order valence-corrected chi connectivity index (χ0v) is 26.9. The number of unbranched alkanes of at least 4 members (excludes halogenated alkanes) is 2. The Balaban J connectivity index is 1.18. The van der Waals surface area contributed by atoms with Crippen LogP contribution in [0.5, 0.6) is 11.5 Å². The van der Waals surface area contributed by atoms with Gasteiger partial charge < -0.3 is 14.2 Å². The van der Waals surface area contributed by atoms with E-state index in [-0.39, 0.29) is 5.91 Å². The van der Waals surface area contributed by atoms with E-state index in [1.165, 1.54) is 11.8 Å². The summed E-state index contributed by atoms with van der Waals surface area (Å²) in [6.45, 7) is 5.36. The van der Waals surface area contributed by atoms with E-state index in [1.807, 2.05) is 30.3 Å². The predicted molar refractivity (Wildman–Crippen MR) is 180 cm³/mol. The molecule has 2 saturated heterocycles. The second-order valence-electron chi connectivity index (χ2n) is 11.0. The van der Waals surface area contributed by atoms with Crippen molar-refractivity contribution in [2.75, 3.05) is 53.1 Å². The van der Waals surface area contributed by atoms with Gasteiger partial charge in [0.25, 0.3) is 5.91 Å². The average Bonchev–Trinajstić information content (AvgIpc) is 3.68. The number of aromatic amines is 1. The molecule has 0 atom stereocenters. The van der Waals surface area contributed by atoms with Crippen molar-refractivity contribution >= 4 is 51.1 Å². The van der Waals surface area contributed by atoms with Crippen molar-refractivity contribution in [1.82, 2.24) is 30.4 Å². The van der Waals surface area contributed by atoms with Crippen LogP contribution in [0.4, 0.5) is 0 Å². The molecule has 0 radical (unpaired) electrons. The fourth-order valence-electron chi connectivity index (χ4n) is 5.48. The van der Waals surface area contributed by atoms with Crippen molar-refractivity contribution in [1.29, 1.82) is 0 Å². The van der Waals surface area contributed by atoms with Gasteiger partial charge in [-0.15, -0.1) is 10.2 Å². The smallest absolute Gasteiger partial charge is 0.266 e. The van der Waals surface area contributed by atoms with Gasteiger partial charge in [0.05, 0.1) is 25.2 Å². The molecule has 2 fully saturated rings. The number of morpholine rings is 1. The van der Waals surface area contributed by atoms with Crippen LogP contribution in [0.2, 0.25) is 0 Å². The number of thioether (sulfide) groups is 1. The van der Waals surface area contributed by atoms with Gasteiger partial charge in [-0.1, -0.05) is 59.9 Å². The summed E-state index contributed by atoms with van der Waals surface area (Å²) in [5.41, 5.74) is 2.93. The summed E-state index contributed by atoms with van der Waals surface area (Å²) in [6, 6.07) is 18.5. The lowest BCUT2D eigenvalue weighted by atomic mass is 9.98. The number of ether oxygens (including phenoxy) is 3. The third kappa shape index (κ3) is 7.88. The maximum absolute atomic E-state index is 13.4. The fraction of sp³-hybridized carbons (Fsp3) is 0.364. The molecular weight excluding hydrogens is 609 g/mol. The van der Waals surface area contributed by atoms with E-state index >= 15 is 0 Å². The van der Waals surface area contributed by atoms with E-state index in [0.29, 0.717) is 28.2 Å². The number of methoxy groups -OCH3 is 1. The van der Waals surface area contributed by atoms with Crippen LogP contribution in [-0.4, -0.2) is 93.8 Å². The Morgan fingerprint density at radius 2 is 1.87 bits per heavy atom. The van der Waals surface area contributed by atoms with Gasteiger partial charge in [-0.05, 0) is 71.1 Å². The number of amides is 1. The summed E-state index contributed by atoms with van der Waals surface area (Å²) in [4.78, 5) is 18.0. The van der Waals surface area contributed by atoms with Crippen LogP contribution in [0.15, 0.2) is 59.5 Å². The normalized spacial score (nSPS) is 16.6. The minimum Gasteiger partial charge on any atom is -0.497 e. The van der Waals surface area contributed by atoms with Crippen LogP contribution in [-0.2, 0) is 16.0 Å². The lowest BCUT2D eigenvalue weighted by Gasteiger charge is -2.26. The summed E-state index contributed by atoms with van der Waals surface area (Å²) in [6.07, 6.45) is 5.42. The Morgan fingerprint density at radius 1 is 1.02 bits per heavy atom. The standard InChI is InChI=1S/C33H36N6O4S2/c1-41-27-10-9-24-21-26(8-7-25(24)22-27)28-19-23(6-11-29(28)43-18-15-38-13-16-42-17-14-38)20-30-32(40)39(33(44)45-30)12-4-2-3-5-31-34-36-37-35-31/h6-11,19-22H,2-5,12-18H2,1H3,(H,34,35,36,37)/b30-20-. The molecule has 3 heterocycles. The van der Waals surface area contributed by atoms with Crippen LogP contribution in [0.3, 0.4) is 0 Å². The Bertz CT molecular complexity index is 1670. The van der Waals surface area contributed by atoms with Crippen molar-refractivity contribution in [3.05, 3.63) is 70.9 Å². The molecule has 234 valence electrons. The van der Waals surface area contributed by atoms with Gasteiger partial charge in [-0.3, -0.25) is 14.6 Å². The molecule has 45 heavy (non-hydrogen) atoms. The number of carbonyl (C=O) groups excluding carboxylic acids is 1. The van der Waals surface area contributed by atoms with Crippen LogP contribution in [0.1, 0.15) is 30.7 Å². The highest BCUT2D eigenvalue weighted by molar-refractivity contribution is 8.26. The lowest BCUT2D eigenvalue weighted by molar-refractivity contribution is -0.122. The minimum atomic E-state index is -0.0461. The van der Waals surface area contributed by atoms with E-state index in [4.69, 9.17) is 26.4 Å². The largest absolute Gasteiger partial charge is 0.497 e. The number of fused-ring (bicyclic) bond motifs is 1. The SMILES string of the molecule is COc1ccc2cc(-c3cc(/C=C4\SC(=S)N(CCCCCc5nn[nH]n5)C4=O)ccc3OCCN3CCOCC3)ccc2c1. The number of rotatable bonds is 13. The highest BCUT2D eigenvalue weighted by atomic mass is 32.2. The summed E-state index contributed by atoms with van der Waals surface area (Å²) < 4.78 is 17.9. The number of hydrogen-bond acceptors (Lipinski definition) is 10. The molecule has 0 aliphatic carbocycles. The van der Waals surface area contributed by atoms with Gasteiger partial charge in [-0.2, -0.15) is 5.21 Å². The van der Waals surface area contributed by atoms with E-state index in [1.54, 1.807) is 12.0 Å². The molecular formula is C33H36N6O4S2. The Kier molecular flexibility index (Phi) is 10.4. The van der Waals surface area contributed by atoms with Crippen molar-refractivity contribution in [2.45, 2.75) is 25.7 Å². The molecule has 0 unspecified atom stereocenters. The van der Waals surface area contributed by atoms with Gasteiger partial charge in [-0.25, -0.2) is 0 Å². The van der Waals surface area contributed by atoms with E-state index in [2.05, 4.69) is 55.9 Å². The van der Waals surface area contributed by atoms with Crippen LogP contribution in [0, 0.1) is 0 Å². The number of carbonyl (C=O) groups is 1. The summed E-state index contributed by atoms with van der Waals surface area (Å²) in [5.74, 6) is 2.29. The Labute approximate surface area is 272 Å². The third-order valence-corrected chi connectivity index (χ3v) is 9.35. The predicted octanol–water partition coefficient (Wildman–Crippen LogP) is 5.35. The summed E-state index contributed by atoms with van der Waals surface area (Å²) in [5, 5.41) is 16.2. The molecule has 10 nitrogen and oxygen atoms in total. The number of nitrogens with one attached hydrogen (secondary N) is 1. The molecule has 1 N–H and O–H groups in total. The van der Waals surface area contributed by atoms with Crippen LogP contribution >= 0.6 is 24.0 Å². The zero-order valence-electron chi connectivity index (χ0n) is 25.2. The van der Waals surface area contributed by atoms with Crippen LogP contribution in [0.25, 0.3) is 28.0 Å². The number of nitrogens with zero attached hydrogens (tertiary/aromatic N) is 5. The number of aromatic nitrogens is 4. The maximum Gasteiger partial charge on any atom is 0.266 e. The molecule has 0 bridgehead atoms. The topological polar surface area (TPSA) is 106 Å². The van der Waals surface area contributed by atoms with Crippen LogP contribution < -0.4 is 9.47 Å². The Morgan fingerprint density at radius 3 is 2.69 bits per heavy atom. The number of benzene rings is 3. The first-order valence-electron chi connectivity index (χ1n) is 15.2. The Hall–Kier alpha value is -3.84. The van der Waals surface area contributed by atoms with Crippen molar-refractivity contribution in [3.8, 4) is 22.6 Å². The van der Waals surface area contributed by atoms with Crippen molar-refractivity contribution in [2.24, 2.45) is 0 Å². The second kappa shape index (κ2) is 15.0. The molecule has 2 aliphatic heterocycles. The molecule has 6 rings (SSSR count). The van der Waals surface area contributed by atoms with Gasteiger partial charge in [0.2, 0.25) is 0 Å². The number of H-pyrrole nitrogens is 1. The number of tetrazole rings is 1. The van der Waals surface area contributed by atoms with Gasteiger partial charge >= 0.3 is 0 Å². The number of thiocarbonyl (C=S) groups is 1. The molecule has 1 aromatic heterocycles. The van der Waals surface area contributed by atoms with E-state index < -0.39 is 0 Å². The quantitative estimate of drug-likeness (QED) is 0.116. The first-order chi connectivity index (χ1) is 22.1. The number of aryl methyl sites for hydroxylation is 1. The molecule has 0 spiro atoms. The van der Waals surface area contributed by atoms with Gasteiger partial charge in [0, 0.05) is 38.2 Å². The molecule has 12 heteroatoms. The third-order valence-electron chi connectivity index (χ3n) is 7.97. The molecule has 1 amide bonds. The highest BCUT2D eigenvalue weighted by Gasteiger charge is 2.31. The minimum absolute atomic E-state index is 0.0461.